The molecule has 0 spiro atoms. The van der Waals surface area contributed by atoms with Crippen molar-refractivity contribution < 1.29 is 13.7 Å². The van der Waals surface area contributed by atoms with E-state index in [-0.39, 0.29) is 22.9 Å². The number of nitrogens with one attached hydrogen (secondary N) is 1. The highest BCUT2D eigenvalue weighted by atomic mass is 79.9. The van der Waals surface area contributed by atoms with Crippen LogP contribution in [0.25, 0.3) is 0 Å². The molecule has 0 aliphatic heterocycles. The van der Waals surface area contributed by atoms with Crippen molar-refractivity contribution in [1.82, 2.24) is 0 Å². The number of hydrogen-bond acceptors (Lipinski definition) is 3. The van der Waals surface area contributed by atoms with E-state index in [4.69, 9.17) is 11.6 Å². The molecule has 8 heteroatoms. The highest BCUT2D eigenvalue weighted by Gasteiger charge is 2.15. The molecule has 110 valence electrons. The zero-order chi connectivity index (χ0) is 15.6. The lowest BCUT2D eigenvalue weighted by molar-refractivity contribution is -0.385. The average Bonchev–Trinajstić information content (AvgIpc) is 2.37. The van der Waals surface area contributed by atoms with E-state index in [9.17, 15) is 18.9 Å². The number of rotatable bonds is 4. The highest BCUT2D eigenvalue weighted by Crippen LogP contribution is 2.29. The molecule has 0 amide bonds. The van der Waals surface area contributed by atoms with E-state index in [1.54, 1.807) is 6.07 Å². The number of nitrogens with zero attached hydrogens (tertiary/aromatic N) is 1. The Kier molecular flexibility index (Phi) is 4.74. The molecule has 0 unspecified atom stereocenters. The predicted octanol–water partition coefficient (Wildman–Crippen LogP) is 4.90. The molecular formula is C13H8BrClF2N2O2. The van der Waals surface area contributed by atoms with Crippen LogP contribution in [0.5, 0.6) is 0 Å². The van der Waals surface area contributed by atoms with Crippen LogP contribution in [0.15, 0.2) is 34.8 Å². The van der Waals surface area contributed by atoms with Gasteiger partial charge in [-0.3, -0.25) is 10.1 Å². The third-order valence-electron chi connectivity index (χ3n) is 2.70. The molecular weight excluding hydrogens is 370 g/mol. The number of hydrogen-bond donors (Lipinski definition) is 1. The summed E-state index contributed by atoms with van der Waals surface area (Å²) in [5, 5.41) is 13.4. The van der Waals surface area contributed by atoms with Gasteiger partial charge in [-0.15, -0.1) is 0 Å². The van der Waals surface area contributed by atoms with Gasteiger partial charge in [-0.1, -0.05) is 27.5 Å². The first-order valence-corrected chi connectivity index (χ1v) is 6.87. The van der Waals surface area contributed by atoms with Gasteiger partial charge in [-0.05, 0) is 18.2 Å². The van der Waals surface area contributed by atoms with E-state index in [1.165, 1.54) is 12.1 Å². The first kappa shape index (κ1) is 15.7. The second-order valence-electron chi connectivity index (χ2n) is 4.13. The standard InChI is InChI=1S/C13H8BrClF2N2O2/c14-8-1-2-12(19(20)21)7(3-8)6-18-13-10(15)4-9(16)5-11(13)17/h1-5,18H,6H2. The van der Waals surface area contributed by atoms with Gasteiger partial charge in [0, 0.05) is 28.7 Å². The van der Waals surface area contributed by atoms with Gasteiger partial charge in [0.2, 0.25) is 0 Å². The van der Waals surface area contributed by atoms with E-state index in [2.05, 4.69) is 21.2 Å². The zero-order valence-electron chi connectivity index (χ0n) is 10.4. The van der Waals surface area contributed by atoms with E-state index >= 15 is 0 Å². The molecule has 0 radical (unpaired) electrons. The van der Waals surface area contributed by atoms with Crippen LogP contribution in [0.3, 0.4) is 0 Å². The van der Waals surface area contributed by atoms with Crippen molar-refractivity contribution in [2.75, 3.05) is 5.32 Å². The van der Waals surface area contributed by atoms with Crippen LogP contribution in [-0.2, 0) is 6.54 Å². The maximum atomic E-state index is 13.6. The van der Waals surface area contributed by atoms with Crippen molar-refractivity contribution >= 4 is 38.9 Å². The maximum Gasteiger partial charge on any atom is 0.274 e. The first-order chi connectivity index (χ1) is 9.88. The largest absolute Gasteiger partial charge is 0.377 e. The quantitative estimate of drug-likeness (QED) is 0.609. The molecule has 0 aliphatic rings. The Balaban J connectivity index is 2.28. The second-order valence-corrected chi connectivity index (χ2v) is 5.45. The molecule has 0 fully saturated rings. The van der Waals surface area contributed by atoms with Crippen LogP contribution in [-0.4, -0.2) is 4.92 Å². The minimum Gasteiger partial charge on any atom is -0.377 e. The van der Waals surface area contributed by atoms with Gasteiger partial charge in [0.15, 0.2) is 5.82 Å². The summed E-state index contributed by atoms with van der Waals surface area (Å²) in [4.78, 5) is 10.4. The van der Waals surface area contributed by atoms with Crippen molar-refractivity contribution in [3.8, 4) is 0 Å². The minimum atomic E-state index is -0.863. The fraction of sp³-hybridized carbons (Fsp3) is 0.0769. The minimum absolute atomic E-state index is 0.0297. The number of nitro benzene ring substituents is 1. The Morgan fingerprint density at radius 3 is 2.62 bits per heavy atom. The topological polar surface area (TPSA) is 55.2 Å². The molecule has 0 bridgehead atoms. The van der Waals surface area contributed by atoms with Gasteiger partial charge < -0.3 is 5.32 Å². The van der Waals surface area contributed by atoms with Gasteiger partial charge in [-0.25, -0.2) is 8.78 Å². The Labute approximate surface area is 132 Å². The van der Waals surface area contributed by atoms with Gasteiger partial charge in [0.1, 0.15) is 5.82 Å². The fourth-order valence-electron chi connectivity index (χ4n) is 1.77. The lowest BCUT2D eigenvalue weighted by Gasteiger charge is -2.10. The van der Waals surface area contributed by atoms with E-state index in [0.29, 0.717) is 16.1 Å². The third kappa shape index (κ3) is 3.68. The lowest BCUT2D eigenvalue weighted by atomic mass is 10.1. The smallest absolute Gasteiger partial charge is 0.274 e. The zero-order valence-corrected chi connectivity index (χ0v) is 12.7. The van der Waals surface area contributed by atoms with Gasteiger partial charge in [0.05, 0.1) is 15.6 Å². The normalized spacial score (nSPS) is 10.5. The summed E-state index contributed by atoms with van der Waals surface area (Å²) in [5.74, 6) is -1.66. The van der Waals surface area contributed by atoms with E-state index in [1.807, 2.05) is 0 Å². The SMILES string of the molecule is O=[N+]([O-])c1ccc(Br)cc1CNc1c(F)cc(F)cc1Cl. The van der Waals surface area contributed by atoms with E-state index < -0.39 is 16.6 Å². The summed E-state index contributed by atoms with van der Waals surface area (Å²) in [5.41, 5.74) is 0.130. The first-order valence-electron chi connectivity index (χ1n) is 5.69. The Morgan fingerprint density at radius 1 is 1.29 bits per heavy atom. The van der Waals surface area contributed by atoms with Crippen LogP contribution >= 0.6 is 27.5 Å². The Bertz CT molecular complexity index is 690. The van der Waals surface area contributed by atoms with Gasteiger partial charge in [0.25, 0.3) is 5.69 Å². The number of benzene rings is 2. The van der Waals surface area contributed by atoms with Crippen molar-refractivity contribution in [2.24, 2.45) is 0 Å². The molecule has 2 aromatic carbocycles. The maximum absolute atomic E-state index is 13.6. The lowest BCUT2D eigenvalue weighted by Crippen LogP contribution is -2.05. The highest BCUT2D eigenvalue weighted by molar-refractivity contribution is 9.10. The van der Waals surface area contributed by atoms with Crippen LogP contribution < -0.4 is 5.32 Å². The van der Waals surface area contributed by atoms with Crippen molar-refractivity contribution in [2.45, 2.75) is 6.54 Å². The van der Waals surface area contributed by atoms with E-state index in [0.717, 1.165) is 6.07 Å². The summed E-state index contributed by atoms with van der Waals surface area (Å²) in [6, 6.07) is 6.06. The van der Waals surface area contributed by atoms with Crippen LogP contribution in [0, 0.1) is 21.7 Å². The van der Waals surface area contributed by atoms with Crippen LogP contribution in [0.1, 0.15) is 5.56 Å². The Hall–Kier alpha value is -1.73. The monoisotopic (exact) mass is 376 g/mol. The predicted molar refractivity (Wildman–Crippen MR) is 79.5 cm³/mol. The fourth-order valence-corrected chi connectivity index (χ4v) is 2.44. The molecule has 0 aromatic heterocycles. The molecule has 4 nitrogen and oxygen atoms in total. The average molecular weight is 378 g/mol. The number of anilines is 1. The molecule has 2 rings (SSSR count). The Morgan fingerprint density at radius 2 is 2.00 bits per heavy atom. The third-order valence-corrected chi connectivity index (χ3v) is 3.49. The molecule has 0 heterocycles. The van der Waals surface area contributed by atoms with Crippen molar-refractivity contribution in [3.05, 3.63) is 67.1 Å². The molecule has 2 aromatic rings. The number of nitro groups is 1. The summed E-state index contributed by atoms with van der Waals surface area (Å²) >= 11 is 8.96. The van der Waals surface area contributed by atoms with Gasteiger partial charge >= 0.3 is 0 Å². The van der Waals surface area contributed by atoms with Crippen LogP contribution in [0.2, 0.25) is 5.02 Å². The van der Waals surface area contributed by atoms with Crippen molar-refractivity contribution in [1.29, 1.82) is 0 Å². The number of halogens is 4. The van der Waals surface area contributed by atoms with Crippen molar-refractivity contribution in [3.63, 3.8) is 0 Å². The molecule has 0 aliphatic carbocycles. The summed E-state index contributed by atoms with van der Waals surface area (Å²) in [6.45, 7) is -0.0297. The second kappa shape index (κ2) is 6.36. The molecule has 21 heavy (non-hydrogen) atoms. The van der Waals surface area contributed by atoms with Gasteiger partial charge in [-0.2, -0.15) is 0 Å². The summed E-state index contributed by atoms with van der Waals surface area (Å²) < 4.78 is 27.2. The molecule has 0 saturated heterocycles. The molecule has 0 atom stereocenters. The molecule has 1 N–H and O–H groups in total. The summed E-state index contributed by atoms with van der Waals surface area (Å²) in [6.07, 6.45) is 0. The van der Waals surface area contributed by atoms with Crippen LogP contribution in [0.4, 0.5) is 20.2 Å². The summed E-state index contributed by atoms with van der Waals surface area (Å²) in [7, 11) is 0. The molecule has 0 saturated carbocycles.